The summed E-state index contributed by atoms with van der Waals surface area (Å²) in [4.78, 5) is 4.26. The number of pyridine rings is 1. The predicted molar refractivity (Wildman–Crippen MR) is 83.4 cm³/mol. The average Bonchev–Trinajstić information content (AvgIpc) is 3.04. The molecule has 23 heavy (non-hydrogen) atoms. The van der Waals surface area contributed by atoms with Crippen LogP contribution in [0.2, 0.25) is 0 Å². The van der Waals surface area contributed by atoms with Crippen molar-refractivity contribution in [3.63, 3.8) is 0 Å². The molecule has 0 unspecified atom stereocenters. The van der Waals surface area contributed by atoms with E-state index in [9.17, 15) is 8.42 Å². The number of benzene rings is 1. The van der Waals surface area contributed by atoms with E-state index in [-0.39, 0.29) is 4.90 Å². The van der Waals surface area contributed by atoms with Crippen molar-refractivity contribution in [1.82, 2.24) is 9.38 Å². The first-order chi connectivity index (χ1) is 11.1. The second kappa shape index (κ2) is 5.17. The van der Waals surface area contributed by atoms with E-state index in [2.05, 4.69) is 9.71 Å². The van der Waals surface area contributed by atoms with Crippen LogP contribution < -0.4 is 14.2 Å². The fraction of sp³-hybridized carbons (Fsp3) is 0.133. The first-order valence-corrected chi connectivity index (χ1v) is 8.46. The zero-order valence-corrected chi connectivity index (χ0v) is 12.8. The normalized spacial score (nSPS) is 13.9. The monoisotopic (exact) mass is 331 g/mol. The molecule has 1 aliphatic rings. The topological polar surface area (TPSA) is 81.9 Å². The van der Waals surface area contributed by atoms with Gasteiger partial charge in [0.1, 0.15) is 13.2 Å². The summed E-state index contributed by atoms with van der Waals surface area (Å²) in [7, 11) is -3.76. The van der Waals surface area contributed by atoms with Crippen LogP contribution in [0.3, 0.4) is 0 Å². The van der Waals surface area contributed by atoms with Crippen molar-refractivity contribution in [1.29, 1.82) is 0 Å². The molecule has 0 amide bonds. The van der Waals surface area contributed by atoms with Crippen LogP contribution in [0.15, 0.2) is 53.8 Å². The van der Waals surface area contributed by atoms with E-state index >= 15 is 0 Å². The molecule has 0 radical (unpaired) electrons. The molecule has 0 saturated heterocycles. The molecule has 0 bridgehead atoms. The zero-order chi connectivity index (χ0) is 15.9. The van der Waals surface area contributed by atoms with Crippen molar-refractivity contribution in [2.75, 3.05) is 17.9 Å². The van der Waals surface area contributed by atoms with Gasteiger partial charge < -0.3 is 13.9 Å². The van der Waals surface area contributed by atoms with Gasteiger partial charge in [0.15, 0.2) is 17.1 Å². The van der Waals surface area contributed by atoms with Gasteiger partial charge in [0.25, 0.3) is 10.0 Å². The highest BCUT2D eigenvalue weighted by Crippen LogP contribution is 2.32. The van der Waals surface area contributed by atoms with Crippen LogP contribution in [-0.2, 0) is 10.0 Å². The number of hydrogen-bond acceptors (Lipinski definition) is 5. The Bertz CT molecular complexity index is 981. The van der Waals surface area contributed by atoms with Crippen molar-refractivity contribution in [3.8, 4) is 11.5 Å². The smallest absolute Gasteiger partial charge is 0.262 e. The van der Waals surface area contributed by atoms with Crippen molar-refractivity contribution >= 4 is 21.4 Å². The van der Waals surface area contributed by atoms with Gasteiger partial charge in [-0.15, -0.1) is 0 Å². The van der Waals surface area contributed by atoms with Crippen LogP contribution in [0.1, 0.15) is 0 Å². The Labute approximate surface area is 132 Å². The SMILES string of the molecule is O=S(=O)(Nc1cccn2ccnc12)c1ccc2c(c1)OCCO2. The van der Waals surface area contributed by atoms with Gasteiger partial charge in [0.2, 0.25) is 0 Å². The van der Waals surface area contributed by atoms with Crippen molar-refractivity contribution < 1.29 is 17.9 Å². The lowest BCUT2D eigenvalue weighted by atomic mass is 10.3. The minimum atomic E-state index is -3.76. The van der Waals surface area contributed by atoms with E-state index in [0.717, 1.165) is 0 Å². The standard InChI is InChI=1S/C15H13N3O4S/c19-23(20,11-3-4-13-14(10-11)22-9-8-21-13)17-12-2-1-6-18-7-5-16-15(12)18/h1-7,10,17H,8-9H2. The van der Waals surface area contributed by atoms with Crippen LogP contribution in [0.5, 0.6) is 11.5 Å². The number of hydrogen-bond donors (Lipinski definition) is 1. The third-order valence-corrected chi connectivity index (χ3v) is 4.85. The molecule has 0 fully saturated rings. The van der Waals surface area contributed by atoms with Gasteiger partial charge in [-0.25, -0.2) is 13.4 Å². The summed E-state index contributed by atoms with van der Waals surface area (Å²) in [5.41, 5.74) is 0.945. The lowest BCUT2D eigenvalue weighted by Gasteiger charge is -2.19. The molecule has 0 aliphatic carbocycles. The molecule has 4 rings (SSSR count). The molecule has 1 N–H and O–H groups in total. The summed E-state index contributed by atoms with van der Waals surface area (Å²) in [6, 6.07) is 7.96. The van der Waals surface area contributed by atoms with Gasteiger partial charge in [0, 0.05) is 24.7 Å². The van der Waals surface area contributed by atoms with E-state index in [1.807, 2.05) is 0 Å². The molecule has 3 heterocycles. The number of aromatic nitrogens is 2. The van der Waals surface area contributed by atoms with Crippen LogP contribution >= 0.6 is 0 Å². The third kappa shape index (κ3) is 2.46. The molecule has 0 saturated carbocycles. The van der Waals surface area contributed by atoms with Gasteiger partial charge in [-0.3, -0.25) is 4.72 Å². The highest BCUT2D eigenvalue weighted by molar-refractivity contribution is 7.92. The number of anilines is 1. The predicted octanol–water partition coefficient (Wildman–Crippen LogP) is 1.91. The molecule has 0 atom stereocenters. The minimum Gasteiger partial charge on any atom is -0.486 e. The Kier molecular flexibility index (Phi) is 3.12. The summed E-state index contributed by atoms with van der Waals surface area (Å²) >= 11 is 0. The van der Waals surface area contributed by atoms with E-state index < -0.39 is 10.0 Å². The number of nitrogens with zero attached hydrogens (tertiary/aromatic N) is 2. The molecule has 118 valence electrons. The zero-order valence-electron chi connectivity index (χ0n) is 12.0. The molecule has 2 aromatic heterocycles. The summed E-state index contributed by atoms with van der Waals surface area (Å²) in [6.45, 7) is 0.858. The maximum Gasteiger partial charge on any atom is 0.262 e. The lowest BCUT2D eigenvalue weighted by Crippen LogP contribution is -2.17. The Morgan fingerprint density at radius 3 is 2.78 bits per heavy atom. The molecule has 1 aromatic carbocycles. The van der Waals surface area contributed by atoms with Crippen molar-refractivity contribution in [2.45, 2.75) is 4.90 Å². The maximum atomic E-state index is 12.6. The van der Waals surface area contributed by atoms with Crippen LogP contribution in [0.4, 0.5) is 5.69 Å². The first-order valence-electron chi connectivity index (χ1n) is 6.98. The number of fused-ring (bicyclic) bond motifs is 2. The maximum absolute atomic E-state index is 12.6. The highest BCUT2D eigenvalue weighted by atomic mass is 32.2. The third-order valence-electron chi connectivity index (χ3n) is 3.49. The summed E-state index contributed by atoms with van der Waals surface area (Å²) in [6.07, 6.45) is 5.15. The van der Waals surface area contributed by atoms with Gasteiger partial charge in [-0.05, 0) is 24.3 Å². The largest absolute Gasteiger partial charge is 0.486 e. The van der Waals surface area contributed by atoms with Crippen LogP contribution in [-0.4, -0.2) is 31.0 Å². The summed E-state index contributed by atoms with van der Waals surface area (Å²) in [5, 5.41) is 0. The van der Waals surface area contributed by atoms with E-state index in [4.69, 9.17) is 9.47 Å². The Hall–Kier alpha value is -2.74. The van der Waals surface area contributed by atoms with Gasteiger partial charge >= 0.3 is 0 Å². The molecule has 8 heteroatoms. The van der Waals surface area contributed by atoms with Crippen molar-refractivity contribution in [2.24, 2.45) is 0 Å². The molecule has 3 aromatic rings. The van der Waals surface area contributed by atoms with E-state index in [1.54, 1.807) is 41.2 Å². The second-order valence-electron chi connectivity index (χ2n) is 4.99. The van der Waals surface area contributed by atoms with Gasteiger partial charge in [0.05, 0.1) is 10.6 Å². The summed E-state index contributed by atoms with van der Waals surface area (Å²) in [5.74, 6) is 0.976. The average molecular weight is 331 g/mol. The van der Waals surface area contributed by atoms with E-state index in [0.29, 0.717) is 36.0 Å². The fourth-order valence-electron chi connectivity index (χ4n) is 2.42. The lowest BCUT2D eigenvalue weighted by molar-refractivity contribution is 0.171. The molecule has 1 aliphatic heterocycles. The highest BCUT2D eigenvalue weighted by Gasteiger charge is 2.20. The van der Waals surface area contributed by atoms with Crippen molar-refractivity contribution in [3.05, 3.63) is 48.9 Å². The molecule has 0 spiro atoms. The van der Waals surface area contributed by atoms with Gasteiger partial charge in [-0.1, -0.05) is 0 Å². The van der Waals surface area contributed by atoms with Gasteiger partial charge in [-0.2, -0.15) is 0 Å². The number of rotatable bonds is 3. The number of imidazole rings is 1. The Balaban J connectivity index is 1.72. The second-order valence-corrected chi connectivity index (χ2v) is 6.67. The number of ether oxygens (including phenoxy) is 2. The molecular formula is C15H13N3O4S. The number of sulfonamides is 1. The quantitative estimate of drug-likeness (QED) is 0.793. The first kappa shape index (κ1) is 13.9. The summed E-state index contributed by atoms with van der Waals surface area (Å²) < 4.78 is 40.4. The molecule has 7 nitrogen and oxygen atoms in total. The Morgan fingerprint density at radius 1 is 1.09 bits per heavy atom. The van der Waals surface area contributed by atoms with Crippen LogP contribution in [0.25, 0.3) is 5.65 Å². The molecular weight excluding hydrogens is 318 g/mol. The minimum absolute atomic E-state index is 0.107. The Morgan fingerprint density at radius 2 is 1.91 bits per heavy atom. The fourth-order valence-corrected chi connectivity index (χ4v) is 3.50. The number of nitrogens with one attached hydrogen (secondary N) is 1. The van der Waals surface area contributed by atoms with E-state index in [1.165, 1.54) is 12.1 Å². The van der Waals surface area contributed by atoms with Crippen LogP contribution in [0, 0.1) is 0 Å².